The molecule has 1 atom stereocenters. The molecule has 0 aliphatic heterocycles. The SMILES string of the molecule is Cc1c(NC(=O)[C@H](C)NS(=O)(=O)c2ccccc2F)cccc1C(=O)Nc1ccccc1. The minimum atomic E-state index is -4.24. The predicted molar refractivity (Wildman–Crippen MR) is 120 cm³/mol. The Labute approximate surface area is 185 Å². The van der Waals surface area contributed by atoms with Gasteiger partial charge in [-0.25, -0.2) is 12.8 Å². The number of carbonyl (C=O) groups is 2. The van der Waals surface area contributed by atoms with Gasteiger partial charge < -0.3 is 10.6 Å². The largest absolute Gasteiger partial charge is 0.324 e. The number of hydrogen-bond donors (Lipinski definition) is 3. The summed E-state index contributed by atoms with van der Waals surface area (Å²) in [5.41, 5.74) is 1.85. The van der Waals surface area contributed by atoms with Crippen molar-refractivity contribution in [3.63, 3.8) is 0 Å². The topological polar surface area (TPSA) is 104 Å². The van der Waals surface area contributed by atoms with Gasteiger partial charge >= 0.3 is 0 Å². The predicted octanol–water partition coefficient (Wildman–Crippen LogP) is 3.69. The Morgan fingerprint density at radius 1 is 0.875 bits per heavy atom. The second-order valence-corrected chi connectivity index (χ2v) is 8.74. The Morgan fingerprint density at radius 2 is 1.53 bits per heavy atom. The Bertz CT molecular complexity index is 1250. The van der Waals surface area contributed by atoms with Gasteiger partial charge in [0.1, 0.15) is 10.7 Å². The highest BCUT2D eigenvalue weighted by molar-refractivity contribution is 7.89. The standard InChI is InChI=1S/C23H22FN3O4S/c1-15-18(23(29)25-17-9-4-3-5-10-17)11-8-13-20(15)26-22(28)16(2)27-32(30,31)21-14-7-6-12-19(21)24/h3-14,16,27H,1-2H3,(H,25,29)(H,26,28)/t16-/m0/s1. The van der Waals surface area contributed by atoms with E-state index < -0.39 is 32.7 Å². The Balaban J connectivity index is 1.73. The van der Waals surface area contributed by atoms with E-state index in [1.54, 1.807) is 49.4 Å². The van der Waals surface area contributed by atoms with Gasteiger partial charge in [-0.15, -0.1) is 0 Å². The number of nitrogens with one attached hydrogen (secondary N) is 3. The van der Waals surface area contributed by atoms with Crippen LogP contribution in [0.15, 0.2) is 77.7 Å². The molecule has 0 fully saturated rings. The third-order valence-corrected chi connectivity index (χ3v) is 6.29. The molecule has 0 spiro atoms. The van der Waals surface area contributed by atoms with Crippen molar-refractivity contribution in [2.75, 3.05) is 10.6 Å². The maximum atomic E-state index is 13.9. The number of carbonyl (C=O) groups excluding carboxylic acids is 2. The molecule has 7 nitrogen and oxygen atoms in total. The molecule has 0 aromatic heterocycles. The van der Waals surface area contributed by atoms with E-state index in [0.717, 1.165) is 12.1 Å². The van der Waals surface area contributed by atoms with Gasteiger partial charge in [0.25, 0.3) is 5.91 Å². The highest BCUT2D eigenvalue weighted by Gasteiger charge is 2.25. The lowest BCUT2D eigenvalue weighted by atomic mass is 10.1. The van der Waals surface area contributed by atoms with Crippen LogP contribution in [0.1, 0.15) is 22.8 Å². The van der Waals surface area contributed by atoms with Gasteiger partial charge in [0, 0.05) is 16.9 Å². The van der Waals surface area contributed by atoms with E-state index >= 15 is 0 Å². The zero-order valence-corrected chi connectivity index (χ0v) is 18.2. The summed E-state index contributed by atoms with van der Waals surface area (Å²) >= 11 is 0. The van der Waals surface area contributed by atoms with Gasteiger partial charge in [0.2, 0.25) is 15.9 Å². The molecule has 0 heterocycles. The van der Waals surface area contributed by atoms with E-state index in [-0.39, 0.29) is 5.91 Å². The molecule has 3 aromatic carbocycles. The second kappa shape index (κ2) is 9.71. The molecule has 3 aromatic rings. The molecule has 0 bridgehead atoms. The van der Waals surface area contributed by atoms with Gasteiger partial charge in [0.15, 0.2) is 0 Å². The van der Waals surface area contributed by atoms with E-state index in [2.05, 4.69) is 15.4 Å². The Hall–Kier alpha value is -3.56. The van der Waals surface area contributed by atoms with Crippen LogP contribution in [0.25, 0.3) is 0 Å². The van der Waals surface area contributed by atoms with Gasteiger partial charge in [-0.1, -0.05) is 36.4 Å². The van der Waals surface area contributed by atoms with E-state index in [9.17, 15) is 22.4 Å². The van der Waals surface area contributed by atoms with Crippen LogP contribution in [0.2, 0.25) is 0 Å². The lowest BCUT2D eigenvalue weighted by Gasteiger charge is -2.17. The molecule has 166 valence electrons. The smallest absolute Gasteiger partial charge is 0.256 e. The van der Waals surface area contributed by atoms with Crippen molar-refractivity contribution in [3.05, 3.63) is 89.7 Å². The number of hydrogen-bond acceptors (Lipinski definition) is 4. The summed E-state index contributed by atoms with van der Waals surface area (Å²) in [5, 5.41) is 5.40. The minimum absolute atomic E-state index is 0.349. The number of para-hydroxylation sites is 1. The van der Waals surface area contributed by atoms with Crippen LogP contribution < -0.4 is 15.4 Å². The monoisotopic (exact) mass is 455 g/mol. The summed E-state index contributed by atoms with van der Waals surface area (Å²) in [6.45, 7) is 3.01. The van der Waals surface area contributed by atoms with Crippen molar-refractivity contribution in [1.29, 1.82) is 0 Å². The maximum absolute atomic E-state index is 13.9. The zero-order valence-electron chi connectivity index (χ0n) is 17.4. The second-order valence-electron chi connectivity index (χ2n) is 7.06. The summed E-state index contributed by atoms with van der Waals surface area (Å²) in [5.74, 6) is -1.92. The first-order valence-corrected chi connectivity index (χ1v) is 11.2. The molecule has 9 heteroatoms. The fraction of sp³-hybridized carbons (Fsp3) is 0.130. The molecule has 3 N–H and O–H groups in total. The molecule has 0 aliphatic rings. The van der Waals surface area contributed by atoms with E-state index in [1.807, 2.05) is 6.07 Å². The number of sulfonamides is 1. The van der Waals surface area contributed by atoms with Crippen LogP contribution in [-0.2, 0) is 14.8 Å². The Morgan fingerprint density at radius 3 is 2.22 bits per heavy atom. The fourth-order valence-corrected chi connectivity index (χ4v) is 4.27. The maximum Gasteiger partial charge on any atom is 0.256 e. The molecule has 3 rings (SSSR count). The summed E-state index contributed by atoms with van der Waals surface area (Å²) in [6, 6.07) is 17.5. The highest BCUT2D eigenvalue weighted by Crippen LogP contribution is 2.21. The normalized spacial score (nSPS) is 12.1. The first-order chi connectivity index (χ1) is 15.2. The van der Waals surface area contributed by atoms with Crippen molar-refractivity contribution in [3.8, 4) is 0 Å². The zero-order chi connectivity index (χ0) is 23.3. The minimum Gasteiger partial charge on any atom is -0.324 e. The molecule has 2 amide bonds. The van der Waals surface area contributed by atoms with E-state index in [0.29, 0.717) is 22.5 Å². The molecule has 0 saturated heterocycles. The molecule has 0 aliphatic carbocycles. The van der Waals surface area contributed by atoms with Crippen molar-refractivity contribution in [2.24, 2.45) is 0 Å². The lowest BCUT2D eigenvalue weighted by molar-refractivity contribution is -0.117. The summed E-state index contributed by atoms with van der Waals surface area (Å²) in [7, 11) is -4.24. The average Bonchev–Trinajstić information content (AvgIpc) is 2.75. The van der Waals surface area contributed by atoms with Crippen LogP contribution in [0.4, 0.5) is 15.8 Å². The van der Waals surface area contributed by atoms with Crippen LogP contribution in [0, 0.1) is 12.7 Å². The van der Waals surface area contributed by atoms with Gasteiger partial charge in [-0.2, -0.15) is 4.72 Å². The molecule has 0 radical (unpaired) electrons. The number of halogens is 1. The number of benzene rings is 3. The fourth-order valence-electron chi connectivity index (χ4n) is 2.99. The molecular weight excluding hydrogens is 433 g/mol. The van der Waals surface area contributed by atoms with Gasteiger partial charge in [0.05, 0.1) is 6.04 Å². The summed E-state index contributed by atoms with van der Waals surface area (Å²) in [6.07, 6.45) is 0. The van der Waals surface area contributed by atoms with Crippen molar-refractivity contribution in [2.45, 2.75) is 24.8 Å². The van der Waals surface area contributed by atoms with Crippen molar-refractivity contribution >= 4 is 33.2 Å². The molecule has 32 heavy (non-hydrogen) atoms. The third kappa shape index (κ3) is 5.37. The molecule has 0 unspecified atom stereocenters. The van der Waals surface area contributed by atoms with E-state index in [4.69, 9.17) is 0 Å². The molecular formula is C23H22FN3O4S. The summed E-state index contributed by atoms with van der Waals surface area (Å²) in [4.78, 5) is 24.7. The number of amides is 2. The summed E-state index contributed by atoms with van der Waals surface area (Å²) < 4.78 is 40.9. The van der Waals surface area contributed by atoms with Crippen LogP contribution in [0.3, 0.4) is 0 Å². The van der Waals surface area contributed by atoms with Gasteiger partial charge in [-0.3, -0.25) is 9.59 Å². The van der Waals surface area contributed by atoms with E-state index in [1.165, 1.54) is 19.1 Å². The third-order valence-electron chi connectivity index (χ3n) is 4.72. The lowest BCUT2D eigenvalue weighted by Crippen LogP contribution is -2.41. The highest BCUT2D eigenvalue weighted by atomic mass is 32.2. The van der Waals surface area contributed by atoms with Crippen LogP contribution in [0.5, 0.6) is 0 Å². The number of rotatable bonds is 7. The van der Waals surface area contributed by atoms with Crippen molar-refractivity contribution < 1.29 is 22.4 Å². The van der Waals surface area contributed by atoms with Crippen LogP contribution in [-0.4, -0.2) is 26.3 Å². The number of anilines is 2. The first kappa shape index (κ1) is 23.1. The Kier molecular flexibility index (Phi) is 7.01. The first-order valence-electron chi connectivity index (χ1n) is 9.73. The van der Waals surface area contributed by atoms with Crippen LogP contribution >= 0.6 is 0 Å². The quantitative estimate of drug-likeness (QED) is 0.505. The van der Waals surface area contributed by atoms with Gasteiger partial charge in [-0.05, 0) is 55.8 Å². The average molecular weight is 456 g/mol. The van der Waals surface area contributed by atoms with Crippen molar-refractivity contribution in [1.82, 2.24) is 4.72 Å². The molecule has 0 saturated carbocycles.